The molecule has 12 heavy (non-hydrogen) atoms. The molecule has 4 nitrogen and oxygen atoms in total. The highest BCUT2D eigenvalue weighted by Crippen LogP contribution is 1.79. The van der Waals surface area contributed by atoms with E-state index < -0.39 is 0 Å². The fourth-order valence-electron chi connectivity index (χ4n) is 0.688. The molecule has 0 atom stereocenters. The fraction of sp³-hybridized carbons (Fsp3) is 0.250. The highest BCUT2D eigenvalue weighted by Gasteiger charge is 1.74. The normalized spacial score (nSPS) is 8.83. The van der Waals surface area contributed by atoms with Gasteiger partial charge in [-0.25, -0.2) is 9.97 Å². The summed E-state index contributed by atoms with van der Waals surface area (Å²) in [4.78, 5) is 13.5. The molecule has 0 radical (unpaired) electrons. The largest absolute Gasteiger partial charge is 0.349 e. The van der Waals surface area contributed by atoms with Crippen LogP contribution in [0.1, 0.15) is 11.6 Å². The van der Waals surface area contributed by atoms with E-state index in [1.165, 1.54) is 0 Å². The van der Waals surface area contributed by atoms with E-state index in [0.717, 1.165) is 11.6 Å². The first kappa shape index (κ1) is 8.52. The van der Waals surface area contributed by atoms with Gasteiger partial charge >= 0.3 is 0 Å². The quantitative estimate of drug-likeness (QED) is 0.619. The molecule has 0 aliphatic heterocycles. The van der Waals surface area contributed by atoms with E-state index in [2.05, 4.69) is 19.9 Å². The molecule has 0 amide bonds. The molecule has 64 valence electrons. The molecule has 2 aromatic rings. The molecule has 0 aliphatic rings. The minimum Gasteiger partial charge on any atom is -0.349 e. The van der Waals surface area contributed by atoms with Crippen molar-refractivity contribution in [2.75, 3.05) is 0 Å². The maximum atomic E-state index is 3.86. The van der Waals surface area contributed by atoms with Gasteiger partial charge in [-0.05, 0) is 13.8 Å². The van der Waals surface area contributed by atoms with Gasteiger partial charge in [-0.1, -0.05) is 0 Å². The molecular weight excluding hydrogens is 152 g/mol. The highest BCUT2D eigenvalue weighted by molar-refractivity contribution is 4.81. The molecule has 4 heteroatoms. The molecule has 0 unspecified atom stereocenters. The van der Waals surface area contributed by atoms with Gasteiger partial charge in [0, 0.05) is 24.8 Å². The number of nitrogens with zero attached hydrogens (tertiary/aromatic N) is 2. The molecule has 0 spiro atoms. The predicted molar refractivity (Wildman–Crippen MR) is 46.6 cm³/mol. The van der Waals surface area contributed by atoms with Gasteiger partial charge in [0.05, 0.1) is 0 Å². The van der Waals surface area contributed by atoms with Crippen LogP contribution in [0.25, 0.3) is 0 Å². The molecule has 2 aromatic heterocycles. The lowest BCUT2D eigenvalue weighted by Crippen LogP contribution is -1.66. The van der Waals surface area contributed by atoms with Crippen LogP contribution in [0.5, 0.6) is 0 Å². The summed E-state index contributed by atoms with van der Waals surface area (Å²) in [5.74, 6) is 1.94. The summed E-state index contributed by atoms with van der Waals surface area (Å²) in [6, 6.07) is 0. The SMILES string of the molecule is Cc1ncc[nH]1.Cc1ncc[nH]1. The Kier molecular flexibility index (Phi) is 3.07. The molecule has 0 bridgehead atoms. The van der Waals surface area contributed by atoms with Gasteiger partial charge in [0.1, 0.15) is 11.6 Å². The van der Waals surface area contributed by atoms with Crippen molar-refractivity contribution in [1.29, 1.82) is 0 Å². The summed E-state index contributed by atoms with van der Waals surface area (Å²) in [7, 11) is 0. The number of aromatic amines is 2. The van der Waals surface area contributed by atoms with E-state index in [0.29, 0.717) is 0 Å². The van der Waals surface area contributed by atoms with Crippen LogP contribution in [0.4, 0.5) is 0 Å². The van der Waals surface area contributed by atoms with Crippen LogP contribution in [0, 0.1) is 13.8 Å². The van der Waals surface area contributed by atoms with Crippen LogP contribution in [0.15, 0.2) is 24.8 Å². The second kappa shape index (κ2) is 4.33. The van der Waals surface area contributed by atoms with Gasteiger partial charge in [0.25, 0.3) is 0 Å². The number of rotatable bonds is 0. The predicted octanol–water partition coefficient (Wildman–Crippen LogP) is 1.44. The molecule has 0 aromatic carbocycles. The molecule has 2 N–H and O–H groups in total. The monoisotopic (exact) mass is 164 g/mol. The Morgan fingerprint density at radius 1 is 0.917 bits per heavy atom. The van der Waals surface area contributed by atoms with Crippen LogP contribution < -0.4 is 0 Å². The Labute approximate surface area is 71.1 Å². The maximum Gasteiger partial charge on any atom is 0.102 e. The van der Waals surface area contributed by atoms with Crippen molar-refractivity contribution in [3.05, 3.63) is 36.4 Å². The molecule has 0 saturated heterocycles. The molecular formula is C8H12N4. The Bertz CT molecular complexity index is 250. The molecule has 2 heterocycles. The molecule has 0 saturated carbocycles. The van der Waals surface area contributed by atoms with Gasteiger partial charge < -0.3 is 9.97 Å². The summed E-state index contributed by atoms with van der Waals surface area (Å²) in [6.07, 6.45) is 7.06. The zero-order valence-electron chi connectivity index (χ0n) is 7.20. The first-order chi connectivity index (χ1) is 5.79. The number of nitrogens with one attached hydrogen (secondary N) is 2. The van der Waals surface area contributed by atoms with Crippen molar-refractivity contribution in [3.8, 4) is 0 Å². The fourth-order valence-corrected chi connectivity index (χ4v) is 0.688. The van der Waals surface area contributed by atoms with Crippen molar-refractivity contribution in [1.82, 2.24) is 19.9 Å². The van der Waals surface area contributed by atoms with Gasteiger partial charge in [0.15, 0.2) is 0 Å². The lowest BCUT2D eigenvalue weighted by molar-refractivity contribution is 1.15. The Hall–Kier alpha value is -1.58. The van der Waals surface area contributed by atoms with Crippen molar-refractivity contribution < 1.29 is 0 Å². The zero-order valence-corrected chi connectivity index (χ0v) is 7.20. The summed E-state index contributed by atoms with van der Waals surface area (Å²) in [5, 5.41) is 0. The Balaban J connectivity index is 0.000000120. The highest BCUT2D eigenvalue weighted by atomic mass is 14.9. The number of aryl methyl sites for hydroxylation is 2. The van der Waals surface area contributed by atoms with Gasteiger partial charge in [0.2, 0.25) is 0 Å². The maximum absolute atomic E-state index is 3.86. The summed E-state index contributed by atoms with van der Waals surface area (Å²) >= 11 is 0. The van der Waals surface area contributed by atoms with Crippen LogP contribution in [0.3, 0.4) is 0 Å². The summed E-state index contributed by atoms with van der Waals surface area (Å²) < 4.78 is 0. The van der Waals surface area contributed by atoms with Crippen molar-refractivity contribution in [2.24, 2.45) is 0 Å². The average molecular weight is 164 g/mol. The smallest absolute Gasteiger partial charge is 0.102 e. The lowest BCUT2D eigenvalue weighted by Gasteiger charge is -1.68. The number of imidazole rings is 2. The first-order valence-corrected chi connectivity index (χ1v) is 3.71. The minimum absolute atomic E-state index is 0.968. The number of hydrogen-bond acceptors (Lipinski definition) is 2. The van der Waals surface area contributed by atoms with E-state index in [1.54, 1.807) is 24.8 Å². The van der Waals surface area contributed by atoms with E-state index in [1.807, 2.05) is 13.8 Å². The molecule has 2 rings (SSSR count). The van der Waals surface area contributed by atoms with Crippen molar-refractivity contribution in [2.45, 2.75) is 13.8 Å². The third kappa shape index (κ3) is 3.01. The number of aromatic nitrogens is 4. The number of H-pyrrole nitrogens is 2. The van der Waals surface area contributed by atoms with Gasteiger partial charge in [-0.3, -0.25) is 0 Å². The second-order valence-electron chi connectivity index (χ2n) is 2.35. The Morgan fingerprint density at radius 2 is 1.33 bits per heavy atom. The van der Waals surface area contributed by atoms with E-state index in [4.69, 9.17) is 0 Å². The van der Waals surface area contributed by atoms with Crippen molar-refractivity contribution in [3.63, 3.8) is 0 Å². The lowest BCUT2D eigenvalue weighted by atomic mass is 10.8. The molecule has 0 aliphatic carbocycles. The molecule has 0 fully saturated rings. The van der Waals surface area contributed by atoms with E-state index >= 15 is 0 Å². The summed E-state index contributed by atoms with van der Waals surface area (Å²) in [5.41, 5.74) is 0. The summed E-state index contributed by atoms with van der Waals surface area (Å²) in [6.45, 7) is 3.83. The second-order valence-corrected chi connectivity index (χ2v) is 2.35. The van der Waals surface area contributed by atoms with Crippen LogP contribution in [-0.4, -0.2) is 19.9 Å². The first-order valence-electron chi connectivity index (χ1n) is 3.71. The standard InChI is InChI=1S/2C4H6N2/c2*1-4-5-2-3-6-4/h2*2-3H,1H3,(H,5,6). The average Bonchev–Trinajstić information content (AvgIpc) is 2.63. The van der Waals surface area contributed by atoms with E-state index in [-0.39, 0.29) is 0 Å². The van der Waals surface area contributed by atoms with Crippen molar-refractivity contribution >= 4 is 0 Å². The third-order valence-electron chi connectivity index (χ3n) is 1.27. The van der Waals surface area contributed by atoms with Crippen LogP contribution >= 0.6 is 0 Å². The number of hydrogen-bond donors (Lipinski definition) is 2. The van der Waals surface area contributed by atoms with Crippen LogP contribution in [0.2, 0.25) is 0 Å². The Morgan fingerprint density at radius 3 is 1.42 bits per heavy atom. The van der Waals surface area contributed by atoms with Gasteiger partial charge in [-0.2, -0.15) is 0 Å². The third-order valence-corrected chi connectivity index (χ3v) is 1.27. The van der Waals surface area contributed by atoms with Crippen LogP contribution in [-0.2, 0) is 0 Å². The zero-order chi connectivity index (χ0) is 8.81. The minimum atomic E-state index is 0.968. The van der Waals surface area contributed by atoms with E-state index in [9.17, 15) is 0 Å². The van der Waals surface area contributed by atoms with Gasteiger partial charge in [-0.15, -0.1) is 0 Å². The topological polar surface area (TPSA) is 57.4 Å².